The molecule has 5 rings (SSSR count). The number of sulfonamides is 1. The molecule has 0 fully saturated rings. The molecule has 5 aromatic rings. The highest BCUT2D eigenvalue weighted by molar-refractivity contribution is 7.92. The zero-order valence-corrected chi connectivity index (χ0v) is 26.3. The summed E-state index contributed by atoms with van der Waals surface area (Å²) in [7, 11) is -4.11. The van der Waals surface area contributed by atoms with Crippen molar-refractivity contribution in [2.75, 3.05) is 9.62 Å². The zero-order valence-electron chi connectivity index (χ0n) is 24.8. The molecule has 0 spiro atoms. The molecule has 0 aliphatic heterocycles. The van der Waals surface area contributed by atoms with Gasteiger partial charge < -0.3 is 10.6 Å². The molecule has 2 amide bonds. The average molecular weight is 638 g/mol. The molecule has 0 radical (unpaired) electrons. The van der Waals surface area contributed by atoms with E-state index in [1.165, 1.54) is 4.31 Å². The van der Waals surface area contributed by atoms with E-state index in [2.05, 4.69) is 10.6 Å². The number of hydrogen-bond acceptors (Lipinski definition) is 4. The summed E-state index contributed by atoms with van der Waals surface area (Å²) < 4.78 is 29.5. The molecular weight excluding hydrogens is 606 g/mol. The highest BCUT2D eigenvalue weighted by atomic mass is 35.5. The quantitative estimate of drug-likeness (QED) is 0.163. The maximum atomic E-state index is 14.1. The van der Waals surface area contributed by atoms with Gasteiger partial charge in [0.15, 0.2) is 0 Å². The second-order valence-electron chi connectivity index (χ2n) is 10.6. The molecule has 228 valence electrons. The highest BCUT2D eigenvalue weighted by Gasteiger charge is 2.29. The van der Waals surface area contributed by atoms with E-state index in [1.54, 1.807) is 97.1 Å². The van der Waals surface area contributed by atoms with E-state index in [9.17, 15) is 18.0 Å². The molecular formula is C36H32ClN3O4S. The van der Waals surface area contributed by atoms with E-state index in [4.69, 9.17) is 11.6 Å². The first-order valence-electron chi connectivity index (χ1n) is 14.3. The van der Waals surface area contributed by atoms with E-state index >= 15 is 0 Å². The van der Waals surface area contributed by atoms with Crippen LogP contribution in [0.1, 0.15) is 50.4 Å². The molecule has 0 aromatic heterocycles. The van der Waals surface area contributed by atoms with Crippen LogP contribution in [0.15, 0.2) is 132 Å². The second kappa shape index (κ2) is 13.8. The van der Waals surface area contributed by atoms with E-state index in [1.807, 2.05) is 44.2 Å². The minimum Gasteiger partial charge on any atom is -0.345 e. The number of anilines is 2. The van der Waals surface area contributed by atoms with E-state index in [0.29, 0.717) is 16.3 Å². The molecule has 0 heterocycles. The number of halogens is 1. The summed E-state index contributed by atoms with van der Waals surface area (Å²) >= 11 is 6.09. The number of amides is 2. The predicted molar refractivity (Wildman–Crippen MR) is 179 cm³/mol. The summed E-state index contributed by atoms with van der Waals surface area (Å²) in [6.45, 7) is 3.71. The molecule has 2 N–H and O–H groups in total. The minimum absolute atomic E-state index is 0.0476. The molecule has 0 bridgehead atoms. The van der Waals surface area contributed by atoms with Gasteiger partial charge in [-0.25, -0.2) is 8.42 Å². The van der Waals surface area contributed by atoms with Crippen molar-refractivity contribution in [2.45, 2.75) is 31.3 Å². The van der Waals surface area contributed by atoms with Crippen LogP contribution >= 0.6 is 11.6 Å². The lowest BCUT2D eigenvalue weighted by molar-refractivity contribution is 0.0940. The third-order valence-corrected chi connectivity index (χ3v) is 9.36. The summed E-state index contributed by atoms with van der Waals surface area (Å²) in [5.41, 5.74) is 3.41. The first-order chi connectivity index (χ1) is 21.6. The predicted octanol–water partition coefficient (Wildman–Crippen LogP) is 7.79. The second-order valence-corrected chi connectivity index (χ2v) is 12.9. The molecule has 0 aliphatic rings. The smallest absolute Gasteiger partial charge is 0.264 e. The van der Waals surface area contributed by atoms with Gasteiger partial charge in [-0.2, -0.15) is 0 Å². The van der Waals surface area contributed by atoms with E-state index in [0.717, 1.165) is 11.1 Å². The van der Waals surface area contributed by atoms with E-state index in [-0.39, 0.29) is 40.2 Å². The van der Waals surface area contributed by atoms with Crippen molar-refractivity contribution in [3.05, 3.63) is 160 Å². The van der Waals surface area contributed by atoms with Crippen LogP contribution in [-0.2, 0) is 16.6 Å². The Morgan fingerprint density at radius 3 is 2.02 bits per heavy atom. The van der Waals surface area contributed by atoms with Gasteiger partial charge in [-0.15, -0.1) is 0 Å². The molecule has 1 atom stereocenters. The maximum absolute atomic E-state index is 14.1. The Kier molecular flexibility index (Phi) is 9.66. The van der Waals surface area contributed by atoms with Crippen LogP contribution in [0.2, 0.25) is 5.02 Å². The summed E-state index contributed by atoms with van der Waals surface area (Å²) in [6.07, 6.45) is 0. The van der Waals surface area contributed by atoms with Crippen LogP contribution in [0.3, 0.4) is 0 Å². The van der Waals surface area contributed by atoms with Gasteiger partial charge in [-0.05, 0) is 73.5 Å². The van der Waals surface area contributed by atoms with Gasteiger partial charge >= 0.3 is 0 Å². The number of aryl methyl sites for hydroxylation is 1. The van der Waals surface area contributed by atoms with Crippen molar-refractivity contribution in [2.24, 2.45) is 0 Å². The standard InChI is InChI=1S/C36H32ClN3O4S/c1-25-16-22-30(23-17-25)45(43,44)40(24-27-18-20-29(37)21-19-27)34-15-9-7-13-32(34)36(42)39-33-14-8-6-12-31(33)35(41)38-26(2)28-10-4-3-5-11-28/h3-23,26H,24H2,1-2H3,(H,38,41)(H,39,42)/t26-/m0/s1. The van der Waals surface area contributed by atoms with Crippen LogP contribution in [-0.4, -0.2) is 20.2 Å². The Balaban J connectivity index is 1.48. The van der Waals surface area contributed by atoms with Crippen molar-refractivity contribution in [1.29, 1.82) is 0 Å². The van der Waals surface area contributed by atoms with Crippen molar-refractivity contribution in [3.8, 4) is 0 Å². The average Bonchev–Trinajstić information content (AvgIpc) is 3.05. The normalized spacial score (nSPS) is 11.8. The van der Waals surface area contributed by atoms with Crippen LogP contribution in [0.25, 0.3) is 0 Å². The molecule has 9 heteroatoms. The molecule has 45 heavy (non-hydrogen) atoms. The Morgan fingerprint density at radius 2 is 1.33 bits per heavy atom. The number of para-hydroxylation sites is 2. The number of carbonyl (C=O) groups is 2. The monoisotopic (exact) mass is 637 g/mol. The number of benzene rings is 5. The van der Waals surface area contributed by atoms with E-state index < -0.39 is 15.9 Å². The minimum atomic E-state index is -4.11. The largest absolute Gasteiger partial charge is 0.345 e. The van der Waals surface area contributed by atoms with Gasteiger partial charge in [-0.3, -0.25) is 13.9 Å². The fourth-order valence-corrected chi connectivity index (χ4v) is 6.45. The first-order valence-corrected chi connectivity index (χ1v) is 16.1. The van der Waals surface area contributed by atoms with Gasteiger partial charge in [0.1, 0.15) is 0 Å². The fraction of sp³-hybridized carbons (Fsp3) is 0.111. The molecule has 0 saturated carbocycles. The molecule has 5 aromatic carbocycles. The maximum Gasteiger partial charge on any atom is 0.264 e. The van der Waals surface area contributed by atoms with Crippen molar-refractivity contribution >= 4 is 44.8 Å². The summed E-state index contributed by atoms with van der Waals surface area (Å²) in [6, 6.07) is 35.9. The van der Waals surface area contributed by atoms with Crippen LogP contribution in [0.4, 0.5) is 11.4 Å². The van der Waals surface area contributed by atoms with Gasteiger partial charge in [0.25, 0.3) is 21.8 Å². The van der Waals surface area contributed by atoms with Crippen molar-refractivity contribution in [3.63, 3.8) is 0 Å². The molecule has 0 unspecified atom stereocenters. The number of rotatable bonds is 10. The summed E-state index contributed by atoms with van der Waals surface area (Å²) in [4.78, 5) is 27.3. The van der Waals surface area contributed by atoms with Crippen LogP contribution < -0.4 is 14.9 Å². The van der Waals surface area contributed by atoms with Crippen LogP contribution in [0, 0.1) is 6.92 Å². The Morgan fingerprint density at radius 1 is 0.733 bits per heavy atom. The fourth-order valence-electron chi connectivity index (χ4n) is 4.86. The van der Waals surface area contributed by atoms with Crippen molar-refractivity contribution in [1.82, 2.24) is 5.32 Å². The first kappa shape index (κ1) is 31.5. The topological polar surface area (TPSA) is 95.6 Å². The van der Waals surface area contributed by atoms with Crippen LogP contribution in [0.5, 0.6) is 0 Å². The van der Waals surface area contributed by atoms with Gasteiger partial charge in [0.05, 0.1) is 40.0 Å². The highest BCUT2D eigenvalue weighted by Crippen LogP contribution is 2.31. The lowest BCUT2D eigenvalue weighted by atomic mass is 10.1. The molecule has 0 aliphatic carbocycles. The lowest BCUT2D eigenvalue weighted by Gasteiger charge is -2.27. The SMILES string of the molecule is Cc1ccc(S(=O)(=O)N(Cc2ccc(Cl)cc2)c2ccccc2C(=O)Nc2ccccc2C(=O)N[C@@H](C)c2ccccc2)cc1. The van der Waals surface area contributed by atoms with Gasteiger partial charge in [0.2, 0.25) is 0 Å². The Hall–Kier alpha value is -4.92. The Bertz CT molecular complexity index is 1910. The van der Waals surface area contributed by atoms with Gasteiger partial charge in [0, 0.05) is 5.02 Å². The Labute approximate surface area is 268 Å². The number of carbonyl (C=O) groups excluding carboxylic acids is 2. The summed E-state index contributed by atoms with van der Waals surface area (Å²) in [5, 5.41) is 6.35. The lowest BCUT2D eigenvalue weighted by Crippen LogP contribution is -2.32. The summed E-state index contributed by atoms with van der Waals surface area (Å²) in [5.74, 6) is -0.927. The zero-order chi connectivity index (χ0) is 32.0. The molecule has 7 nitrogen and oxygen atoms in total. The molecule has 0 saturated heterocycles. The number of hydrogen-bond donors (Lipinski definition) is 2. The van der Waals surface area contributed by atoms with Gasteiger partial charge in [-0.1, -0.05) is 96.0 Å². The van der Waals surface area contributed by atoms with Crippen molar-refractivity contribution < 1.29 is 18.0 Å². The number of nitrogens with one attached hydrogen (secondary N) is 2. The third-order valence-electron chi connectivity index (χ3n) is 7.33. The third kappa shape index (κ3) is 7.42. The number of nitrogens with zero attached hydrogens (tertiary/aromatic N) is 1.